The van der Waals surface area contributed by atoms with Gasteiger partial charge in [-0.05, 0) is 68.2 Å². The van der Waals surface area contributed by atoms with Crippen LogP contribution >= 0.6 is 0 Å². The van der Waals surface area contributed by atoms with Gasteiger partial charge in [0, 0.05) is 57.5 Å². The molecule has 30 heavy (non-hydrogen) atoms. The molecule has 0 saturated carbocycles. The zero-order valence-corrected chi connectivity index (χ0v) is 18.6. The molecular formula is C26H36N4. The highest BCUT2D eigenvalue weighted by molar-refractivity contribution is 5.80. The van der Waals surface area contributed by atoms with Crippen molar-refractivity contribution in [3.63, 3.8) is 0 Å². The first kappa shape index (κ1) is 21.1. The Labute approximate surface area is 181 Å². The molecule has 0 spiro atoms. The molecule has 1 saturated heterocycles. The number of aryl methyl sites for hydroxylation is 1. The Morgan fingerprint density at radius 2 is 1.57 bits per heavy atom. The van der Waals surface area contributed by atoms with Crippen molar-refractivity contribution in [2.24, 2.45) is 0 Å². The van der Waals surface area contributed by atoms with Crippen LogP contribution in [0.3, 0.4) is 0 Å². The van der Waals surface area contributed by atoms with E-state index >= 15 is 0 Å². The zero-order chi connectivity index (χ0) is 20.8. The van der Waals surface area contributed by atoms with E-state index in [1.54, 1.807) is 0 Å². The van der Waals surface area contributed by atoms with E-state index in [1.807, 2.05) is 0 Å². The minimum Gasteiger partial charge on any atom is -0.347 e. The van der Waals surface area contributed by atoms with Gasteiger partial charge in [0.1, 0.15) is 0 Å². The van der Waals surface area contributed by atoms with Gasteiger partial charge in [-0.3, -0.25) is 4.90 Å². The van der Waals surface area contributed by atoms with E-state index < -0.39 is 0 Å². The second-order valence-corrected chi connectivity index (χ2v) is 8.91. The Hall–Kier alpha value is -2.14. The van der Waals surface area contributed by atoms with Crippen LogP contribution in [0.25, 0.3) is 10.9 Å². The fourth-order valence-electron chi connectivity index (χ4n) is 4.46. The van der Waals surface area contributed by atoms with Gasteiger partial charge in [-0.2, -0.15) is 0 Å². The molecule has 0 radical (unpaired) electrons. The van der Waals surface area contributed by atoms with Crippen LogP contribution in [0.4, 0.5) is 0 Å². The maximum absolute atomic E-state index is 2.61. The van der Waals surface area contributed by atoms with Crippen molar-refractivity contribution in [2.75, 3.05) is 53.4 Å². The molecule has 0 amide bonds. The second-order valence-electron chi connectivity index (χ2n) is 8.91. The summed E-state index contributed by atoms with van der Waals surface area (Å²) in [6, 6.07) is 20.2. The predicted molar refractivity (Wildman–Crippen MR) is 127 cm³/mol. The van der Waals surface area contributed by atoms with Gasteiger partial charge in [0.25, 0.3) is 0 Å². The fraction of sp³-hybridized carbons (Fsp3) is 0.462. The summed E-state index contributed by atoms with van der Waals surface area (Å²) in [6.07, 6.45) is 4.59. The van der Waals surface area contributed by atoms with Crippen LogP contribution in [0, 0.1) is 0 Å². The van der Waals surface area contributed by atoms with Gasteiger partial charge in [-0.25, -0.2) is 0 Å². The molecule has 2 heterocycles. The lowest BCUT2D eigenvalue weighted by Crippen LogP contribution is -2.46. The molecule has 4 heteroatoms. The molecule has 0 bridgehead atoms. The third-order valence-corrected chi connectivity index (χ3v) is 6.27. The SMILES string of the molecule is CN(C)CCCn1ccc2cc(CN3CCN(CCc4ccccc4)CC3)ccc21. The Kier molecular flexibility index (Phi) is 7.21. The number of aromatic nitrogens is 1. The fourth-order valence-corrected chi connectivity index (χ4v) is 4.46. The minimum atomic E-state index is 1.06. The highest BCUT2D eigenvalue weighted by Crippen LogP contribution is 2.20. The number of nitrogens with zero attached hydrogens (tertiary/aromatic N) is 4. The maximum atomic E-state index is 2.61. The Morgan fingerprint density at radius 1 is 0.800 bits per heavy atom. The van der Waals surface area contributed by atoms with E-state index in [9.17, 15) is 0 Å². The minimum absolute atomic E-state index is 1.06. The molecule has 1 fully saturated rings. The van der Waals surface area contributed by atoms with Gasteiger partial charge in [-0.15, -0.1) is 0 Å². The maximum Gasteiger partial charge on any atom is 0.0480 e. The first-order valence-electron chi connectivity index (χ1n) is 11.4. The lowest BCUT2D eigenvalue weighted by molar-refractivity contribution is 0.128. The molecule has 0 N–H and O–H groups in total. The number of fused-ring (bicyclic) bond motifs is 1. The standard InChI is InChI=1S/C26H36N4/c1-27(2)13-6-14-30-16-12-25-21-24(9-10-26(25)30)22-29-19-17-28(18-20-29)15-11-23-7-4-3-5-8-23/h3-5,7-10,12,16,21H,6,11,13-15,17-20,22H2,1-2H3. The summed E-state index contributed by atoms with van der Waals surface area (Å²) >= 11 is 0. The number of hydrogen-bond donors (Lipinski definition) is 0. The highest BCUT2D eigenvalue weighted by Gasteiger charge is 2.17. The summed E-state index contributed by atoms with van der Waals surface area (Å²) in [5, 5.41) is 1.37. The molecule has 0 unspecified atom stereocenters. The van der Waals surface area contributed by atoms with Crippen molar-refractivity contribution in [2.45, 2.75) is 25.9 Å². The second kappa shape index (κ2) is 10.3. The molecule has 1 aromatic heterocycles. The predicted octanol–water partition coefficient (Wildman–Crippen LogP) is 3.95. The number of rotatable bonds is 9. The van der Waals surface area contributed by atoms with Crippen LogP contribution in [0.2, 0.25) is 0 Å². The van der Waals surface area contributed by atoms with E-state index in [-0.39, 0.29) is 0 Å². The molecule has 3 aromatic rings. The molecule has 4 rings (SSSR count). The van der Waals surface area contributed by atoms with E-state index in [1.165, 1.54) is 61.2 Å². The lowest BCUT2D eigenvalue weighted by atomic mass is 10.1. The number of piperazine rings is 1. The summed E-state index contributed by atoms with van der Waals surface area (Å²) in [4.78, 5) is 7.47. The zero-order valence-electron chi connectivity index (χ0n) is 18.6. The average Bonchev–Trinajstić information content (AvgIpc) is 3.16. The van der Waals surface area contributed by atoms with Crippen LogP contribution in [-0.4, -0.2) is 72.6 Å². The van der Waals surface area contributed by atoms with Crippen LogP contribution in [0.1, 0.15) is 17.5 Å². The van der Waals surface area contributed by atoms with Crippen LogP contribution in [-0.2, 0) is 19.5 Å². The van der Waals surface area contributed by atoms with Crippen molar-refractivity contribution < 1.29 is 0 Å². The number of benzene rings is 2. The first-order valence-corrected chi connectivity index (χ1v) is 11.4. The molecule has 0 atom stereocenters. The van der Waals surface area contributed by atoms with Crippen molar-refractivity contribution in [3.8, 4) is 0 Å². The molecule has 2 aromatic carbocycles. The van der Waals surface area contributed by atoms with Crippen molar-refractivity contribution in [1.29, 1.82) is 0 Å². The summed E-state index contributed by atoms with van der Waals surface area (Å²) in [5.74, 6) is 0. The van der Waals surface area contributed by atoms with E-state index in [2.05, 4.69) is 94.2 Å². The quantitative estimate of drug-likeness (QED) is 0.537. The summed E-state index contributed by atoms with van der Waals surface area (Å²) in [6.45, 7) is 9.14. The Morgan fingerprint density at radius 3 is 2.33 bits per heavy atom. The first-order chi connectivity index (χ1) is 14.7. The van der Waals surface area contributed by atoms with Gasteiger partial charge in [0.05, 0.1) is 0 Å². The van der Waals surface area contributed by atoms with Gasteiger partial charge in [0.15, 0.2) is 0 Å². The van der Waals surface area contributed by atoms with Crippen LogP contribution < -0.4 is 0 Å². The van der Waals surface area contributed by atoms with Gasteiger partial charge < -0.3 is 14.4 Å². The normalized spacial score (nSPS) is 16.0. The molecule has 1 aliphatic rings. The smallest absolute Gasteiger partial charge is 0.0480 e. The average molecular weight is 405 g/mol. The summed E-state index contributed by atoms with van der Waals surface area (Å²) < 4.78 is 2.40. The third kappa shape index (κ3) is 5.72. The topological polar surface area (TPSA) is 14.7 Å². The molecule has 0 aliphatic carbocycles. The number of hydrogen-bond acceptors (Lipinski definition) is 3. The van der Waals surface area contributed by atoms with Gasteiger partial charge >= 0.3 is 0 Å². The van der Waals surface area contributed by atoms with Crippen LogP contribution in [0.15, 0.2) is 60.8 Å². The monoisotopic (exact) mass is 404 g/mol. The summed E-state index contributed by atoms with van der Waals surface area (Å²) in [5.41, 5.74) is 4.25. The molecule has 160 valence electrons. The third-order valence-electron chi connectivity index (χ3n) is 6.27. The van der Waals surface area contributed by atoms with Gasteiger partial charge in [0.2, 0.25) is 0 Å². The summed E-state index contributed by atoms with van der Waals surface area (Å²) in [7, 11) is 4.28. The van der Waals surface area contributed by atoms with Crippen molar-refractivity contribution in [3.05, 3.63) is 71.9 Å². The Bertz CT molecular complexity index is 907. The van der Waals surface area contributed by atoms with E-state index in [4.69, 9.17) is 0 Å². The molecule has 4 nitrogen and oxygen atoms in total. The van der Waals surface area contributed by atoms with E-state index in [0.717, 1.165) is 26.1 Å². The highest BCUT2D eigenvalue weighted by atomic mass is 15.3. The largest absolute Gasteiger partial charge is 0.347 e. The van der Waals surface area contributed by atoms with Gasteiger partial charge in [-0.1, -0.05) is 36.4 Å². The Balaban J connectivity index is 1.25. The van der Waals surface area contributed by atoms with Crippen molar-refractivity contribution >= 4 is 10.9 Å². The van der Waals surface area contributed by atoms with Crippen molar-refractivity contribution in [1.82, 2.24) is 19.3 Å². The van der Waals surface area contributed by atoms with Crippen LogP contribution in [0.5, 0.6) is 0 Å². The van der Waals surface area contributed by atoms with E-state index in [0.29, 0.717) is 0 Å². The lowest BCUT2D eigenvalue weighted by Gasteiger charge is -2.34. The molecule has 1 aliphatic heterocycles. The molecular weight excluding hydrogens is 368 g/mol.